The van der Waals surface area contributed by atoms with E-state index < -0.39 is 0 Å². The molecule has 0 saturated heterocycles. The number of aromatic nitrogens is 1. The van der Waals surface area contributed by atoms with E-state index in [1.807, 2.05) is 11.8 Å². The van der Waals surface area contributed by atoms with Crippen LogP contribution < -0.4 is 0 Å². The molecule has 0 amide bonds. The molecule has 1 aromatic rings. The van der Waals surface area contributed by atoms with E-state index in [1.165, 1.54) is 29.2 Å². The number of rotatable bonds is 4. The number of thioether (sulfide) groups is 1. The summed E-state index contributed by atoms with van der Waals surface area (Å²) in [5.74, 6) is 2.19. The van der Waals surface area contributed by atoms with Gasteiger partial charge in [-0.2, -0.15) is 12.6 Å². The molecule has 0 atom stereocenters. The van der Waals surface area contributed by atoms with Crippen molar-refractivity contribution >= 4 is 24.4 Å². The number of aryl methyl sites for hydroxylation is 2. The van der Waals surface area contributed by atoms with Crippen LogP contribution in [0, 0.1) is 19.3 Å². The standard InChI is InChI=1S/C12H17NS2/c1-9-5-10(2)13-11(6-9)15-8-12(7-14)3-4-12/h5-6,14H,3-4,7-8H2,1-2H3. The summed E-state index contributed by atoms with van der Waals surface area (Å²) in [5.41, 5.74) is 2.95. The van der Waals surface area contributed by atoms with E-state index >= 15 is 0 Å². The van der Waals surface area contributed by atoms with Crippen LogP contribution in [0.1, 0.15) is 24.1 Å². The second-order valence-electron chi connectivity index (χ2n) is 4.57. The van der Waals surface area contributed by atoms with E-state index in [4.69, 9.17) is 0 Å². The Morgan fingerprint density at radius 3 is 2.67 bits per heavy atom. The van der Waals surface area contributed by atoms with Gasteiger partial charge in [0.2, 0.25) is 0 Å². The average molecular weight is 239 g/mol. The van der Waals surface area contributed by atoms with Crippen LogP contribution in [0.15, 0.2) is 17.2 Å². The number of thiol groups is 1. The van der Waals surface area contributed by atoms with Crippen LogP contribution in [-0.4, -0.2) is 16.5 Å². The van der Waals surface area contributed by atoms with Gasteiger partial charge in [-0.1, -0.05) is 0 Å². The topological polar surface area (TPSA) is 12.9 Å². The Hall–Kier alpha value is -0.150. The molecule has 1 aromatic heterocycles. The predicted molar refractivity (Wildman–Crippen MR) is 70.0 cm³/mol. The van der Waals surface area contributed by atoms with Crippen LogP contribution in [0.4, 0.5) is 0 Å². The van der Waals surface area contributed by atoms with Crippen molar-refractivity contribution in [2.75, 3.05) is 11.5 Å². The zero-order valence-electron chi connectivity index (χ0n) is 9.29. The Labute approximate surface area is 101 Å². The van der Waals surface area contributed by atoms with Crippen LogP contribution in [0.2, 0.25) is 0 Å². The lowest BCUT2D eigenvalue weighted by Crippen LogP contribution is -2.05. The average Bonchev–Trinajstić information content (AvgIpc) is 2.94. The van der Waals surface area contributed by atoms with Crippen molar-refractivity contribution < 1.29 is 0 Å². The van der Waals surface area contributed by atoms with Crippen molar-refractivity contribution in [3.05, 3.63) is 23.4 Å². The predicted octanol–water partition coefficient (Wildman–Crippen LogP) is 3.50. The second kappa shape index (κ2) is 4.38. The minimum atomic E-state index is 0.521. The molecule has 1 saturated carbocycles. The fraction of sp³-hybridized carbons (Fsp3) is 0.583. The second-order valence-corrected chi connectivity index (χ2v) is 5.88. The first-order valence-corrected chi connectivity index (χ1v) is 6.94. The molecular weight excluding hydrogens is 222 g/mol. The summed E-state index contributed by atoms with van der Waals surface area (Å²) in [4.78, 5) is 4.54. The molecule has 1 heterocycles. The maximum Gasteiger partial charge on any atom is 0.0965 e. The van der Waals surface area contributed by atoms with Crippen molar-refractivity contribution in [1.29, 1.82) is 0 Å². The molecule has 2 rings (SSSR count). The van der Waals surface area contributed by atoms with Crippen molar-refractivity contribution in [3.8, 4) is 0 Å². The molecule has 0 bridgehead atoms. The van der Waals surface area contributed by atoms with Crippen LogP contribution in [0.5, 0.6) is 0 Å². The van der Waals surface area contributed by atoms with Crippen molar-refractivity contribution in [3.63, 3.8) is 0 Å². The highest BCUT2D eigenvalue weighted by Crippen LogP contribution is 2.49. The lowest BCUT2D eigenvalue weighted by Gasteiger charge is -2.11. The molecule has 1 aliphatic rings. The van der Waals surface area contributed by atoms with Gasteiger partial charge in [0.15, 0.2) is 0 Å². The van der Waals surface area contributed by atoms with Gasteiger partial charge in [-0.15, -0.1) is 11.8 Å². The molecule has 82 valence electrons. The summed E-state index contributed by atoms with van der Waals surface area (Å²) in [5, 5.41) is 1.17. The summed E-state index contributed by atoms with van der Waals surface area (Å²) in [7, 11) is 0. The van der Waals surface area contributed by atoms with E-state index in [0.717, 1.165) is 11.4 Å². The Kier molecular flexibility index (Phi) is 3.31. The van der Waals surface area contributed by atoms with Crippen molar-refractivity contribution in [2.24, 2.45) is 5.41 Å². The summed E-state index contributed by atoms with van der Waals surface area (Å²) in [6.45, 7) is 4.19. The monoisotopic (exact) mass is 239 g/mol. The first-order valence-electron chi connectivity index (χ1n) is 5.33. The molecule has 0 unspecified atom stereocenters. The smallest absolute Gasteiger partial charge is 0.0965 e. The van der Waals surface area contributed by atoms with Crippen LogP contribution in [-0.2, 0) is 0 Å². The Morgan fingerprint density at radius 2 is 2.13 bits per heavy atom. The molecule has 0 aromatic carbocycles. The van der Waals surface area contributed by atoms with Gasteiger partial charge >= 0.3 is 0 Å². The quantitative estimate of drug-likeness (QED) is 0.638. The number of hydrogen-bond donors (Lipinski definition) is 1. The number of pyridine rings is 1. The first-order chi connectivity index (χ1) is 7.13. The van der Waals surface area contributed by atoms with Gasteiger partial charge < -0.3 is 0 Å². The summed E-state index contributed by atoms with van der Waals surface area (Å²) < 4.78 is 0. The van der Waals surface area contributed by atoms with Gasteiger partial charge in [-0.25, -0.2) is 4.98 Å². The fourth-order valence-electron chi connectivity index (χ4n) is 1.63. The third-order valence-corrected chi connectivity index (χ3v) is 4.83. The Morgan fingerprint density at radius 1 is 1.40 bits per heavy atom. The maximum atomic E-state index is 4.54. The normalized spacial score (nSPS) is 17.8. The molecule has 0 radical (unpaired) electrons. The highest BCUT2D eigenvalue weighted by atomic mass is 32.2. The maximum absolute atomic E-state index is 4.54. The number of nitrogens with zero attached hydrogens (tertiary/aromatic N) is 1. The highest BCUT2D eigenvalue weighted by Gasteiger charge is 2.41. The zero-order chi connectivity index (χ0) is 10.9. The van der Waals surface area contributed by atoms with Crippen LogP contribution in [0.25, 0.3) is 0 Å². The van der Waals surface area contributed by atoms with E-state index in [2.05, 4.69) is 43.6 Å². The molecule has 0 N–H and O–H groups in total. The lowest BCUT2D eigenvalue weighted by molar-refractivity contribution is 0.682. The lowest BCUT2D eigenvalue weighted by atomic mass is 10.2. The van der Waals surface area contributed by atoms with Crippen LogP contribution in [0.3, 0.4) is 0 Å². The zero-order valence-corrected chi connectivity index (χ0v) is 11.0. The molecular formula is C12H17NS2. The van der Waals surface area contributed by atoms with E-state index in [-0.39, 0.29) is 0 Å². The molecule has 1 fully saturated rings. The van der Waals surface area contributed by atoms with Gasteiger partial charge in [0.25, 0.3) is 0 Å². The van der Waals surface area contributed by atoms with Crippen LogP contribution >= 0.6 is 24.4 Å². The molecule has 15 heavy (non-hydrogen) atoms. The number of hydrogen-bond acceptors (Lipinski definition) is 3. The van der Waals surface area contributed by atoms with E-state index in [0.29, 0.717) is 5.41 Å². The summed E-state index contributed by atoms with van der Waals surface area (Å²) in [6.07, 6.45) is 2.68. The fourth-order valence-corrected chi connectivity index (χ4v) is 3.53. The molecule has 0 spiro atoms. The minimum Gasteiger partial charge on any atom is -0.247 e. The van der Waals surface area contributed by atoms with Crippen molar-refractivity contribution in [2.45, 2.75) is 31.7 Å². The Balaban J connectivity index is 1.99. The van der Waals surface area contributed by atoms with Gasteiger partial charge in [-0.05, 0) is 55.6 Å². The molecule has 3 heteroatoms. The van der Waals surface area contributed by atoms with Crippen molar-refractivity contribution in [1.82, 2.24) is 4.98 Å². The van der Waals surface area contributed by atoms with Gasteiger partial charge in [0.05, 0.1) is 5.03 Å². The molecule has 1 aliphatic carbocycles. The van der Waals surface area contributed by atoms with E-state index in [1.54, 1.807) is 0 Å². The summed E-state index contributed by atoms with van der Waals surface area (Å²) in [6, 6.07) is 4.29. The molecule has 0 aliphatic heterocycles. The third kappa shape index (κ3) is 2.91. The largest absolute Gasteiger partial charge is 0.247 e. The summed E-state index contributed by atoms with van der Waals surface area (Å²) >= 11 is 6.30. The third-order valence-electron chi connectivity index (χ3n) is 2.89. The van der Waals surface area contributed by atoms with Gasteiger partial charge in [0.1, 0.15) is 0 Å². The first kappa shape index (κ1) is 11.3. The van der Waals surface area contributed by atoms with Gasteiger partial charge in [-0.3, -0.25) is 0 Å². The highest BCUT2D eigenvalue weighted by molar-refractivity contribution is 7.99. The SMILES string of the molecule is Cc1cc(C)nc(SCC2(CS)CC2)c1. The minimum absolute atomic E-state index is 0.521. The Bertz CT molecular complexity index is 338. The van der Waals surface area contributed by atoms with E-state index in [9.17, 15) is 0 Å². The van der Waals surface area contributed by atoms with Gasteiger partial charge in [0, 0.05) is 11.4 Å². The molecule has 1 nitrogen and oxygen atoms in total.